The van der Waals surface area contributed by atoms with Crippen molar-refractivity contribution < 1.29 is 17.9 Å². The first-order valence-corrected chi connectivity index (χ1v) is 11.4. The Morgan fingerprint density at radius 3 is 2.93 bits per heavy atom. The Hall–Kier alpha value is -1.82. The van der Waals surface area contributed by atoms with Crippen LogP contribution in [0.2, 0.25) is 0 Å². The van der Waals surface area contributed by atoms with Gasteiger partial charge in [-0.25, -0.2) is 12.7 Å². The first-order chi connectivity index (χ1) is 12.8. The molecule has 2 heterocycles. The zero-order valence-electron chi connectivity index (χ0n) is 15.8. The summed E-state index contributed by atoms with van der Waals surface area (Å²) in [5.74, 6) is 1.07. The van der Waals surface area contributed by atoms with Gasteiger partial charge in [-0.1, -0.05) is 26.0 Å². The minimum absolute atomic E-state index is 0.0267. The Morgan fingerprint density at radius 1 is 1.33 bits per heavy atom. The summed E-state index contributed by atoms with van der Waals surface area (Å²) in [7, 11) is -3.57. The molecule has 3 fully saturated rings. The van der Waals surface area contributed by atoms with Gasteiger partial charge in [0, 0.05) is 23.5 Å². The third kappa shape index (κ3) is 2.16. The summed E-state index contributed by atoms with van der Waals surface area (Å²) >= 11 is 0. The Bertz CT molecular complexity index is 964. The van der Waals surface area contributed by atoms with Crippen LogP contribution in [0.3, 0.4) is 0 Å². The van der Waals surface area contributed by atoms with Crippen molar-refractivity contribution in [3.8, 4) is 5.75 Å². The van der Waals surface area contributed by atoms with Gasteiger partial charge in [0.25, 0.3) is 5.91 Å². The van der Waals surface area contributed by atoms with E-state index < -0.39 is 15.9 Å². The van der Waals surface area contributed by atoms with Gasteiger partial charge in [-0.3, -0.25) is 4.79 Å². The second-order valence-corrected chi connectivity index (χ2v) is 10.9. The topological polar surface area (TPSA) is 63.7 Å². The molecule has 0 aromatic heterocycles. The number of hydrogen-bond donors (Lipinski definition) is 0. The number of hydrogen-bond acceptors (Lipinski definition) is 4. The molecule has 1 aromatic rings. The summed E-state index contributed by atoms with van der Waals surface area (Å²) in [6.45, 7) is 5.03. The van der Waals surface area contributed by atoms with E-state index in [2.05, 4.69) is 13.8 Å². The van der Waals surface area contributed by atoms with Crippen LogP contribution in [0.25, 0.3) is 6.08 Å². The van der Waals surface area contributed by atoms with E-state index in [1.165, 1.54) is 10.4 Å². The molecule has 3 atom stereocenters. The van der Waals surface area contributed by atoms with Crippen molar-refractivity contribution in [3.63, 3.8) is 0 Å². The van der Waals surface area contributed by atoms with Crippen LogP contribution in [-0.2, 0) is 21.2 Å². The number of sulfonamides is 1. The lowest BCUT2D eigenvalue weighted by Crippen LogP contribution is -2.43. The van der Waals surface area contributed by atoms with E-state index in [1.807, 2.05) is 18.2 Å². The number of amides is 1. The molecule has 2 bridgehead atoms. The monoisotopic (exact) mass is 387 g/mol. The molecule has 5 rings (SSSR count). The molecule has 2 aliphatic carbocycles. The van der Waals surface area contributed by atoms with Crippen LogP contribution in [0.4, 0.5) is 0 Å². The Labute approximate surface area is 160 Å². The minimum atomic E-state index is -3.57. The van der Waals surface area contributed by atoms with E-state index in [9.17, 15) is 13.2 Å². The van der Waals surface area contributed by atoms with Gasteiger partial charge in [0.15, 0.2) is 0 Å². The zero-order valence-corrected chi connectivity index (χ0v) is 16.6. The normalized spacial score (nSPS) is 34.7. The lowest BCUT2D eigenvalue weighted by Gasteiger charge is -2.36. The van der Waals surface area contributed by atoms with Crippen LogP contribution in [0.15, 0.2) is 24.3 Å². The lowest BCUT2D eigenvalue weighted by atomic mass is 9.69. The summed E-state index contributed by atoms with van der Waals surface area (Å²) < 4.78 is 32.7. The maximum atomic E-state index is 13.0. The molecule has 27 heavy (non-hydrogen) atoms. The van der Waals surface area contributed by atoms with Gasteiger partial charge in [0.05, 0.1) is 18.4 Å². The molecule has 2 aliphatic heterocycles. The lowest BCUT2D eigenvalue weighted by molar-refractivity contribution is -0.123. The van der Waals surface area contributed by atoms with Crippen molar-refractivity contribution in [1.82, 2.24) is 4.31 Å². The van der Waals surface area contributed by atoms with Crippen LogP contribution in [-0.4, -0.2) is 37.0 Å². The molecular formula is C21H25NO4S. The van der Waals surface area contributed by atoms with E-state index in [-0.39, 0.29) is 22.6 Å². The van der Waals surface area contributed by atoms with E-state index in [0.717, 1.165) is 42.6 Å². The van der Waals surface area contributed by atoms with Gasteiger partial charge in [-0.2, -0.15) is 0 Å². The maximum Gasteiger partial charge on any atom is 0.260 e. The summed E-state index contributed by atoms with van der Waals surface area (Å²) in [6, 6.07) is 5.58. The Balaban J connectivity index is 1.47. The molecular weight excluding hydrogens is 362 g/mol. The molecule has 0 radical (unpaired) electrons. The van der Waals surface area contributed by atoms with Crippen LogP contribution >= 0.6 is 0 Å². The van der Waals surface area contributed by atoms with Crippen LogP contribution in [0, 0.1) is 16.7 Å². The average molecular weight is 388 g/mol. The summed E-state index contributed by atoms with van der Waals surface area (Å²) in [4.78, 5) is 13.0. The Morgan fingerprint density at radius 2 is 2.15 bits per heavy atom. The number of nitrogens with zero attached hydrogens (tertiary/aromatic N) is 1. The zero-order chi connectivity index (χ0) is 19.0. The number of fused-ring (bicyclic) bond motifs is 2. The molecule has 144 valence electrons. The summed E-state index contributed by atoms with van der Waals surface area (Å²) in [6.07, 6.45) is 6.78. The third-order valence-corrected chi connectivity index (χ3v) is 9.73. The van der Waals surface area contributed by atoms with E-state index in [4.69, 9.17) is 4.74 Å². The van der Waals surface area contributed by atoms with Crippen molar-refractivity contribution in [2.75, 3.05) is 12.4 Å². The first-order valence-electron chi connectivity index (χ1n) is 9.75. The van der Waals surface area contributed by atoms with Crippen LogP contribution in [0.1, 0.15) is 44.2 Å². The maximum absolute atomic E-state index is 13.0. The second kappa shape index (κ2) is 5.37. The Kier molecular flexibility index (Phi) is 3.44. The SMILES string of the molecule is CC1(C)C2CCC13CS(=O)(=O)N(C(=O)/C=C/c1cccc4c1CCO4)C3C2. The average Bonchev–Trinajstić information content (AvgIpc) is 3.28. The number of rotatable bonds is 2. The molecule has 3 unspecified atom stereocenters. The molecule has 1 amide bonds. The number of carbonyl (C=O) groups excluding carboxylic acids is 1. The van der Waals surface area contributed by atoms with Gasteiger partial charge in [0.2, 0.25) is 10.0 Å². The highest BCUT2D eigenvalue weighted by atomic mass is 32.2. The largest absolute Gasteiger partial charge is 0.493 e. The van der Waals surface area contributed by atoms with Crippen LogP contribution in [0.5, 0.6) is 5.75 Å². The summed E-state index contributed by atoms with van der Waals surface area (Å²) in [5.41, 5.74) is 1.71. The van der Waals surface area contributed by atoms with Crippen LogP contribution < -0.4 is 4.74 Å². The molecule has 0 N–H and O–H groups in total. The van der Waals surface area contributed by atoms with Crippen molar-refractivity contribution >= 4 is 22.0 Å². The summed E-state index contributed by atoms with van der Waals surface area (Å²) in [5, 5.41) is 0. The van der Waals surface area contributed by atoms with Gasteiger partial charge >= 0.3 is 0 Å². The highest BCUT2D eigenvalue weighted by Gasteiger charge is 2.72. The number of carbonyl (C=O) groups is 1. The molecule has 5 nitrogen and oxygen atoms in total. The fourth-order valence-corrected chi connectivity index (χ4v) is 8.73. The van der Waals surface area contributed by atoms with E-state index in [1.54, 1.807) is 6.08 Å². The molecule has 1 spiro atoms. The van der Waals surface area contributed by atoms with Crippen molar-refractivity contribution in [1.29, 1.82) is 0 Å². The molecule has 1 aromatic carbocycles. The fraction of sp³-hybridized carbons (Fsp3) is 0.571. The van der Waals surface area contributed by atoms with Gasteiger partial charge in [0.1, 0.15) is 5.75 Å². The molecule has 1 saturated heterocycles. The van der Waals surface area contributed by atoms with E-state index >= 15 is 0 Å². The fourth-order valence-electron chi connectivity index (χ4n) is 6.22. The highest BCUT2D eigenvalue weighted by Crippen LogP contribution is 2.69. The van der Waals surface area contributed by atoms with Gasteiger partial charge < -0.3 is 4.74 Å². The molecule has 6 heteroatoms. The molecule has 2 saturated carbocycles. The predicted octanol–water partition coefficient (Wildman–Crippen LogP) is 3.00. The third-order valence-electron chi connectivity index (χ3n) is 7.81. The molecule has 4 aliphatic rings. The van der Waals surface area contributed by atoms with Crippen molar-refractivity contribution in [3.05, 3.63) is 35.4 Å². The van der Waals surface area contributed by atoms with Crippen molar-refractivity contribution in [2.45, 2.75) is 45.6 Å². The quantitative estimate of drug-likeness (QED) is 0.732. The van der Waals surface area contributed by atoms with Gasteiger partial charge in [-0.05, 0) is 48.3 Å². The first kappa shape index (κ1) is 17.3. The van der Waals surface area contributed by atoms with Gasteiger partial charge in [-0.15, -0.1) is 0 Å². The number of benzene rings is 1. The van der Waals surface area contributed by atoms with Crippen molar-refractivity contribution in [2.24, 2.45) is 16.7 Å². The standard InChI is InChI=1S/C21H25NO4S/c1-20(2)15-8-10-21(20)13-27(24,25)22(18(21)12-15)19(23)7-6-14-4-3-5-17-16(14)9-11-26-17/h3-7,15,18H,8-13H2,1-2H3/b7-6+. The predicted molar refractivity (Wildman–Crippen MR) is 103 cm³/mol. The number of ether oxygens (including phenoxy) is 1. The smallest absolute Gasteiger partial charge is 0.260 e. The highest BCUT2D eigenvalue weighted by molar-refractivity contribution is 7.90. The second-order valence-electron chi connectivity index (χ2n) is 9.01. The van der Waals surface area contributed by atoms with E-state index in [0.29, 0.717) is 12.5 Å². The minimum Gasteiger partial charge on any atom is -0.493 e.